The lowest BCUT2D eigenvalue weighted by molar-refractivity contribution is -0.134. The lowest BCUT2D eigenvalue weighted by Gasteiger charge is -2.35. The average Bonchev–Trinajstić information content (AvgIpc) is 3.13. The molecule has 0 bridgehead atoms. The normalized spacial score (nSPS) is 17.7. The number of hydrogen-bond acceptors (Lipinski definition) is 4. The highest BCUT2D eigenvalue weighted by Gasteiger charge is 2.31. The summed E-state index contributed by atoms with van der Waals surface area (Å²) in [7, 11) is 0. The number of nitrogens with one attached hydrogen (secondary N) is 3. The fraction of sp³-hybridized carbons (Fsp3) is 0.421. The number of benzene rings is 1. The number of H-pyrrole nitrogens is 1. The second-order valence-electron chi connectivity index (χ2n) is 6.58. The Bertz CT molecular complexity index is 744. The Morgan fingerprint density at radius 2 is 2.23 bits per heavy atom. The average molecular weight is 355 g/mol. The van der Waals surface area contributed by atoms with Crippen LogP contribution in [0.5, 0.6) is 0 Å². The van der Waals surface area contributed by atoms with Crippen molar-refractivity contribution in [1.82, 2.24) is 25.5 Å². The van der Waals surface area contributed by atoms with Gasteiger partial charge in [0.15, 0.2) is 0 Å². The minimum atomic E-state index is -0.435. The van der Waals surface area contributed by atoms with Crippen LogP contribution in [0.2, 0.25) is 0 Å². The molecule has 2 amide bonds. The molecule has 3 N–H and O–H groups in total. The van der Waals surface area contributed by atoms with Crippen molar-refractivity contribution in [1.29, 1.82) is 0 Å². The zero-order valence-electron chi connectivity index (χ0n) is 15.0. The van der Waals surface area contributed by atoms with E-state index in [9.17, 15) is 9.59 Å². The standard InChI is InChI=1S/C19H25N5O2/c1-14-4-2-3-5-15(14)12-24-9-8-22-19(26)17(24)10-18(25)21-7-6-16-11-20-13-23-16/h2-5,11,13,17H,6-10,12H2,1H3,(H,20,23)(H,21,25)(H,22,26)/t17-/m0/s1. The number of aromatic nitrogens is 2. The lowest BCUT2D eigenvalue weighted by Crippen LogP contribution is -2.56. The molecule has 0 saturated carbocycles. The minimum Gasteiger partial charge on any atom is -0.356 e. The molecule has 1 saturated heterocycles. The van der Waals surface area contributed by atoms with Crippen LogP contribution >= 0.6 is 0 Å². The highest BCUT2D eigenvalue weighted by molar-refractivity contribution is 5.88. The highest BCUT2D eigenvalue weighted by atomic mass is 16.2. The van der Waals surface area contributed by atoms with E-state index in [0.717, 1.165) is 12.2 Å². The summed E-state index contributed by atoms with van der Waals surface area (Å²) in [6.07, 6.45) is 4.22. The number of aryl methyl sites for hydroxylation is 1. The first-order chi connectivity index (χ1) is 12.6. The second-order valence-corrected chi connectivity index (χ2v) is 6.58. The van der Waals surface area contributed by atoms with Gasteiger partial charge in [-0.3, -0.25) is 14.5 Å². The van der Waals surface area contributed by atoms with Crippen LogP contribution in [-0.4, -0.2) is 52.4 Å². The van der Waals surface area contributed by atoms with E-state index in [0.29, 0.717) is 26.1 Å². The molecule has 2 heterocycles. The van der Waals surface area contributed by atoms with Crippen molar-refractivity contribution < 1.29 is 9.59 Å². The molecule has 7 heteroatoms. The Morgan fingerprint density at radius 1 is 1.38 bits per heavy atom. The van der Waals surface area contributed by atoms with Crippen molar-refractivity contribution in [2.75, 3.05) is 19.6 Å². The topological polar surface area (TPSA) is 90.1 Å². The van der Waals surface area contributed by atoms with Gasteiger partial charge in [-0.15, -0.1) is 0 Å². The van der Waals surface area contributed by atoms with Crippen LogP contribution in [0.15, 0.2) is 36.8 Å². The lowest BCUT2D eigenvalue weighted by atomic mass is 10.0. The van der Waals surface area contributed by atoms with Crippen molar-refractivity contribution in [3.63, 3.8) is 0 Å². The molecule has 0 radical (unpaired) electrons. The molecular formula is C19H25N5O2. The van der Waals surface area contributed by atoms with Crippen LogP contribution < -0.4 is 10.6 Å². The Hall–Kier alpha value is -2.67. The summed E-state index contributed by atoms with van der Waals surface area (Å²) in [5, 5.41) is 5.76. The molecule has 26 heavy (non-hydrogen) atoms. The van der Waals surface area contributed by atoms with Gasteiger partial charge in [0, 0.05) is 44.5 Å². The maximum Gasteiger partial charge on any atom is 0.237 e. The molecule has 1 atom stereocenters. The molecular weight excluding hydrogens is 330 g/mol. The Morgan fingerprint density at radius 3 is 3.00 bits per heavy atom. The molecule has 0 spiro atoms. The van der Waals surface area contributed by atoms with Gasteiger partial charge in [0.1, 0.15) is 0 Å². The zero-order chi connectivity index (χ0) is 18.4. The molecule has 1 aliphatic rings. The van der Waals surface area contributed by atoms with Gasteiger partial charge in [0.25, 0.3) is 0 Å². The van der Waals surface area contributed by atoms with Crippen LogP contribution in [0.1, 0.15) is 23.2 Å². The summed E-state index contributed by atoms with van der Waals surface area (Å²) >= 11 is 0. The largest absolute Gasteiger partial charge is 0.356 e. The maximum atomic E-state index is 12.3. The van der Waals surface area contributed by atoms with E-state index in [1.807, 2.05) is 12.1 Å². The molecule has 7 nitrogen and oxygen atoms in total. The van der Waals surface area contributed by atoms with E-state index in [2.05, 4.69) is 44.6 Å². The smallest absolute Gasteiger partial charge is 0.237 e. The summed E-state index contributed by atoms with van der Waals surface area (Å²) in [4.78, 5) is 33.7. The van der Waals surface area contributed by atoms with E-state index >= 15 is 0 Å². The number of carbonyl (C=O) groups is 2. The Balaban J connectivity index is 1.56. The zero-order valence-corrected chi connectivity index (χ0v) is 15.0. The SMILES string of the molecule is Cc1ccccc1CN1CCNC(=O)[C@@H]1CC(=O)NCCc1cnc[nH]1. The number of amides is 2. The highest BCUT2D eigenvalue weighted by Crippen LogP contribution is 2.16. The summed E-state index contributed by atoms with van der Waals surface area (Å²) < 4.78 is 0. The first-order valence-electron chi connectivity index (χ1n) is 8.93. The van der Waals surface area contributed by atoms with Crippen LogP contribution in [0, 0.1) is 6.92 Å². The third-order valence-corrected chi connectivity index (χ3v) is 4.73. The van der Waals surface area contributed by atoms with Crippen molar-refractivity contribution in [3.8, 4) is 0 Å². The van der Waals surface area contributed by atoms with Gasteiger partial charge in [-0.05, 0) is 18.1 Å². The van der Waals surface area contributed by atoms with Gasteiger partial charge in [-0.25, -0.2) is 4.98 Å². The first kappa shape index (κ1) is 18.1. The fourth-order valence-electron chi connectivity index (χ4n) is 3.19. The number of nitrogens with zero attached hydrogens (tertiary/aromatic N) is 2. The third kappa shape index (κ3) is 4.70. The maximum absolute atomic E-state index is 12.3. The van der Waals surface area contributed by atoms with Gasteiger partial charge < -0.3 is 15.6 Å². The predicted molar refractivity (Wildman–Crippen MR) is 98.3 cm³/mol. The Labute approximate surface area is 153 Å². The minimum absolute atomic E-state index is 0.0754. The number of piperazine rings is 1. The summed E-state index contributed by atoms with van der Waals surface area (Å²) in [5.41, 5.74) is 3.36. The summed E-state index contributed by atoms with van der Waals surface area (Å²) in [6.45, 7) is 4.62. The Kier molecular flexibility index (Phi) is 6.01. The van der Waals surface area contributed by atoms with Crippen molar-refractivity contribution in [3.05, 3.63) is 53.6 Å². The molecule has 1 aromatic carbocycles. The molecule has 2 aromatic rings. The molecule has 138 valence electrons. The second kappa shape index (κ2) is 8.62. The van der Waals surface area contributed by atoms with Gasteiger partial charge in [-0.2, -0.15) is 0 Å². The van der Waals surface area contributed by atoms with E-state index in [-0.39, 0.29) is 18.2 Å². The van der Waals surface area contributed by atoms with E-state index in [4.69, 9.17) is 0 Å². The number of rotatable bonds is 7. The fourth-order valence-corrected chi connectivity index (χ4v) is 3.19. The van der Waals surface area contributed by atoms with Crippen LogP contribution in [0.4, 0.5) is 0 Å². The van der Waals surface area contributed by atoms with Crippen LogP contribution in [0.25, 0.3) is 0 Å². The number of imidazole rings is 1. The van der Waals surface area contributed by atoms with Crippen LogP contribution in [0.3, 0.4) is 0 Å². The van der Waals surface area contributed by atoms with Gasteiger partial charge >= 0.3 is 0 Å². The number of carbonyl (C=O) groups excluding carboxylic acids is 2. The quantitative estimate of drug-likeness (QED) is 0.684. The molecule has 0 unspecified atom stereocenters. The summed E-state index contributed by atoms with van der Waals surface area (Å²) in [5.74, 6) is -0.185. The van der Waals surface area contributed by atoms with Crippen molar-refractivity contribution in [2.24, 2.45) is 0 Å². The van der Waals surface area contributed by atoms with E-state index in [1.165, 1.54) is 11.1 Å². The first-order valence-corrected chi connectivity index (χ1v) is 8.93. The van der Waals surface area contributed by atoms with Crippen molar-refractivity contribution >= 4 is 11.8 Å². The molecule has 1 fully saturated rings. The molecule has 0 aliphatic carbocycles. The van der Waals surface area contributed by atoms with Crippen molar-refractivity contribution in [2.45, 2.75) is 32.4 Å². The number of hydrogen-bond donors (Lipinski definition) is 3. The molecule has 3 rings (SSSR count). The van der Waals surface area contributed by atoms with Gasteiger partial charge in [0.2, 0.25) is 11.8 Å². The number of aromatic amines is 1. The monoisotopic (exact) mass is 355 g/mol. The van der Waals surface area contributed by atoms with E-state index in [1.54, 1.807) is 12.5 Å². The summed E-state index contributed by atoms with van der Waals surface area (Å²) in [6, 6.07) is 7.71. The van der Waals surface area contributed by atoms with Gasteiger partial charge in [0.05, 0.1) is 18.8 Å². The molecule has 1 aliphatic heterocycles. The third-order valence-electron chi connectivity index (χ3n) is 4.73. The molecule has 1 aromatic heterocycles. The van der Waals surface area contributed by atoms with Gasteiger partial charge in [-0.1, -0.05) is 24.3 Å². The van der Waals surface area contributed by atoms with Crippen LogP contribution in [-0.2, 0) is 22.6 Å². The van der Waals surface area contributed by atoms with E-state index < -0.39 is 6.04 Å². The predicted octanol–water partition coefficient (Wildman–Crippen LogP) is 0.768.